The van der Waals surface area contributed by atoms with E-state index in [1.807, 2.05) is 58.9 Å². The third kappa shape index (κ3) is 2.73. The maximum Gasteiger partial charge on any atom is 0.125 e. The molecule has 0 saturated carbocycles. The number of aliphatic hydroxyl groups excluding tert-OH is 1. The highest BCUT2D eigenvalue weighted by atomic mass is 16.5. The third-order valence-electron chi connectivity index (χ3n) is 3.47. The van der Waals surface area contributed by atoms with E-state index in [1.54, 1.807) is 0 Å². The van der Waals surface area contributed by atoms with Gasteiger partial charge >= 0.3 is 0 Å². The van der Waals surface area contributed by atoms with Gasteiger partial charge in [0.05, 0.1) is 6.10 Å². The van der Waals surface area contributed by atoms with Crippen molar-refractivity contribution in [2.75, 3.05) is 0 Å². The number of para-hydroxylation sites is 1. The van der Waals surface area contributed by atoms with Crippen LogP contribution in [0.2, 0.25) is 0 Å². The summed E-state index contributed by atoms with van der Waals surface area (Å²) in [6.45, 7) is 9.71. The molecule has 1 atom stereocenters. The lowest BCUT2D eigenvalue weighted by atomic mass is 9.97. The Morgan fingerprint density at radius 1 is 1.05 bits per heavy atom. The molecule has 0 aliphatic carbocycles. The number of aliphatic hydroxyl groups is 1. The fraction of sp³-hybridized carbons (Fsp3) is 0.412. The van der Waals surface area contributed by atoms with Crippen molar-refractivity contribution in [3.8, 4) is 5.75 Å². The first-order valence-corrected chi connectivity index (χ1v) is 6.92. The first kappa shape index (κ1) is 14.7. The Morgan fingerprint density at radius 2 is 1.70 bits per heavy atom. The average molecular weight is 274 g/mol. The highest BCUT2D eigenvalue weighted by Crippen LogP contribution is 2.35. The summed E-state index contributed by atoms with van der Waals surface area (Å²) in [5.41, 5.74) is 2.60. The zero-order valence-corrected chi connectivity index (χ0v) is 12.7. The van der Waals surface area contributed by atoms with Gasteiger partial charge in [-0.3, -0.25) is 0 Å². The summed E-state index contributed by atoms with van der Waals surface area (Å²) in [4.78, 5) is 0. The molecule has 3 nitrogen and oxygen atoms in total. The maximum absolute atomic E-state index is 10.7. The van der Waals surface area contributed by atoms with E-state index in [9.17, 15) is 5.11 Å². The average Bonchev–Trinajstić information content (AvgIpc) is 2.62. The molecular formula is C17H22O3. The van der Waals surface area contributed by atoms with Gasteiger partial charge in [-0.2, -0.15) is 0 Å². The van der Waals surface area contributed by atoms with Crippen LogP contribution in [0.4, 0.5) is 0 Å². The lowest BCUT2D eigenvalue weighted by Crippen LogP contribution is -2.10. The lowest BCUT2D eigenvalue weighted by Gasteiger charge is -2.18. The van der Waals surface area contributed by atoms with Crippen LogP contribution in [0.15, 0.2) is 28.7 Å². The van der Waals surface area contributed by atoms with E-state index < -0.39 is 6.10 Å². The van der Waals surface area contributed by atoms with E-state index in [4.69, 9.17) is 9.15 Å². The van der Waals surface area contributed by atoms with Crippen LogP contribution in [0, 0.1) is 20.8 Å². The molecule has 2 aromatic rings. The van der Waals surface area contributed by atoms with Crippen LogP contribution in [-0.2, 0) is 0 Å². The molecule has 1 unspecified atom stereocenters. The minimum atomic E-state index is -0.734. The molecule has 1 aromatic heterocycles. The summed E-state index contributed by atoms with van der Waals surface area (Å²) >= 11 is 0. The minimum absolute atomic E-state index is 0.0663. The third-order valence-corrected chi connectivity index (χ3v) is 3.47. The number of hydrogen-bond acceptors (Lipinski definition) is 3. The van der Waals surface area contributed by atoms with Crippen LogP contribution in [0.3, 0.4) is 0 Å². The normalized spacial score (nSPS) is 12.8. The number of aryl methyl sites for hydroxylation is 2. The molecule has 2 rings (SSSR count). The van der Waals surface area contributed by atoms with Crippen molar-refractivity contribution < 1.29 is 14.3 Å². The smallest absolute Gasteiger partial charge is 0.125 e. The van der Waals surface area contributed by atoms with Gasteiger partial charge in [0.15, 0.2) is 0 Å². The van der Waals surface area contributed by atoms with Crippen LogP contribution in [0.25, 0.3) is 0 Å². The summed E-state index contributed by atoms with van der Waals surface area (Å²) in [6, 6.07) is 7.59. The molecule has 0 spiro atoms. The van der Waals surface area contributed by atoms with Crippen LogP contribution in [0.1, 0.15) is 48.2 Å². The predicted octanol–water partition coefficient (Wildman–Crippen LogP) is 4.07. The fourth-order valence-electron chi connectivity index (χ4n) is 2.44. The standard InChI is InChI=1S/C17H22O3/c1-10(2)19-15-9-7-6-8-14(15)17(18)16-11(3)12(4)20-13(16)5/h6-10,17-18H,1-5H3. The second kappa shape index (κ2) is 5.71. The molecule has 0 radical (unpaired) electrons. The molecule has 1 aromatic carbocycles. The Bertz CT molecular complexity index is 596. The molecule has 0 amide bonds. The van der Waals surface area contributed by atoms with Gasteiger partial charge < -0.3 is 14.3 Å². The largest absolute Gasteiger partial charge is 0.491 e. The topological polar surface area (TPSA) is 42.6 Å². The van der Waals surface area contributed by atoms with Crippen molar-refractivity contribution in [3.63, 3.8) is 0 Å². The van der Waals surface area contributed by atoms with Gasteiger partial charge in [-0.25, -0.2) is 0 Å². The summed E-state index contributed by atoms with van der Waals surface area (Å²) in [5.74, 6) is 2.32. The predicted molar refractivity (Wildman–Crippen MR) is 79.2 cm³/mol. The summed E-state index contributed by atoms with van der Waals surface area (Å²) in [7, 11) is 0. The quantitative estimate of drug-likeness (QED) is 0.913. The monoisotopic (exact) mass is 274 g/mol. The maximum atomic E-state index is 10.7. The molecule has 3 heteroatoms. The number of furan rings is 1. The second-order valence-corrected chi connectivity index (χ2v) is 5.36. The van der Waals surface area contributed by atoms with Gasteiger partial charge in [0.2, 0.25) is 0 Å². The molecule has 0 fully saturated rings. The van der Waals surface area contributed by atoms with Crippen molar-refractivity contribution in [1.29, 1.82) is 0 Å². The minimum Gasteiger partial charge on any atom is -0.491 e. The molecule has 1 heterocycles. The van der Waals surface area contributed by atoms with Crippen LogP contribution in [-0.4, -0.2) is 11.2 Å². The molecule has 0 saturated heterocycles. The van der Waals surface area contributed by atoms with E-state index in [0.29, 0.717) is 5.75 Å². The van der Waals surface area contributed by atoms with E-state index in [0.717, 1.165) is 28.2 Å². The summed E-state index contributed by atoms with van der Waals surface area (Å²) < 4.78 is 11.4. The number of rotatable bonds is 4. The van der Waals surface area contributed by atoms with Crippen molar-refractivity contribution in [1.82, 2.24) is 0 Å². The fourth-order valence-corrected chi connectivity index (χ4v) is 2.44. The van der Waals surface area contributed by atoms with Crippen molar-refractivity contribution >= 4 is 0 Å². The van der Waals surface area contributed by atoms with Crippen molar-refractivity contribution in [3.05, 3.63) is 52.5 Å². The Morgan fingerprint density at radius 3 is 2.25 bits per heavy atom. The van der Waals surface area contributed by atoms with E-state index in [1.165, 1.54) is 0 Å². The van der Waals surface area contributed by atoms with E-state index >= 15 is 0 Å². The Hall–Kier alpha value is -1.74. The van der Waals surface area contributed by atoms with Gasteiger partial charge in [0.1, 0.15) is 23.4 Å². The molecule has 20 heavy (non-hydrogen) atoms. The first-order chi connectivity index (χ1) is 9.41. The summed E-state index contributed by atoms with van der Waals surface area (Å²) in [6.07, 6.45) is -0.668. The van der Waals surface area contributed by atoms with Gasteiger partial charge in [-0.05, 0) is 46.2 Å². The lowest BCUT2D eigenvalue weighted by molar-refractivity contribution is 0.196. The van der Waals surface area contributed by atoms with E-state index in [-0.39, 0.29) is 6.10 Å². The summed E-state index contributed by atoms with van der Waals surface area (Å²) in [5, 5.41) is 10.7. The molecular weight excluding hydrogens is 252 g/mol. The number of hydrogen-bond donors (Lipinski definition) is 1. The second-order valence-electron chi connectivity index (χ2n) is 5.36. The van der Waals surface area contributed by atoms with Gasteiger partial charge in [0.25, 0.3) is 0 Å². The molecule has 0 bridgehead atoms. The van der Waals surface area contributed by atoms with Crippen LogP contribution in [0.5, 0.6) is 5.75 Å². The highest BCUT2D eigenvalue weighted by molar-refractivity contribution is 5.44. The van der Waals surface area contributed by atoms with Gasteiger partial charge in [-0.1, -0.05) is 18.2 Å². The highest BCUT2D eigenvalue weighted by Gasteiger charge is 2.23. The van der Waals surface area contributed by atoms with Crippen LogP contribution >= 0.6 is 0 Å². The Balaban J connectivity index is 2.45. The number of benzene rings is 1. The molecule has 108 valence electrons. The van der Waals surface area contributed by atoms with Crippen molar-refractivity contribution in [2.24, 2.45) is 0 Å². The Kier molecular flexibility index (Phi) is 4.19. The molecule has 1 N–H and O–H groups in total. The van der Waals surface area contributed by atoms with Gasteiger partial charge in [-0.15, -0.1) is 0 Å². The SMILES string of the molecule is Cc1oc(C)c(C(O)c2ccccc2OC(C)C)c1C. The van der Waals surface area contributed by atoms with Crippen LogP contribution < -0.4 is 4.74 Å². The molecule has 0 aliphatic heterocycles. The van der Waals surface area contributed by atoms with Gasteiger partial charge in [0, 0.05) is 11.1 Å². The zero-order chi connectivity index (χ0) is 14.9. The number of ether oxygens (including phenoxy) is 1. The zero-order valence-electron chi connectivity index (χ0n) is 12.7. The molecule has 0 aliphatic rings. The first-order valence-electron chi connectivity index (χ1n) is 6.92. The van der Waals surface area contributed by atoms with E-state index in [2.05, 4.69) is 0 Å². The Labute approximate surface area is 120 Å². The van der Waals surface area contributed by atoms with Crippen molar-refractivity contribution in [2.45, 2.75) is 46.8 Å².